The minimum absolute atomic E-state index is 0.226. The van der Waals surface area contributed by atoms with Crippen LogP contribution in [0.3, 0.4) is 0 Å². The molecule has 0 saturated carbocycles. The molecule has 0 radical (unpaired) electrons. The zero-order chi connectivity index (χ0) is 15.2. The first kappa shape index (κ1) is 16.5. The molecule has 112 valence electrons. The Morgan fingerprint density at radius 2 is 1.70 bits per heavy atom. The van der Waals surface area contributed by atoms with Crippen molar-refractivity contribution in [3.63, 3.8) is 0 Å². The van der Waals surface area contributed by atoms with Gasteiger partial charge in [-0.25, -0.2) is 0 Å². The Kier molecular flexibility index (Phi) is 6.02. The molecule has 0 aliphatic heterocycles. The fourth-order valence-corrected chi connectivity index (χ4v) is 1.44. The summed E-state index contributed by atoms with van der Waals surface area (Å²) in [5, 5.41) is 0. The highest BCUT2D eigenvalue weighted by atomic mass is 16.7. The van der Waals surface area contributed by atoms with Gasteiger partial charge in [-0.1, -0.05) is 6.92 Å². The quantitative estimate of drug-likeness (QED) is 0.433. The van der Waals surface area contributed by atoms with Gasteiger partial charge in [0, 0.05) is 6.61 Å². The predicted molar refractivity (Wildman–Crippen MR) is 77.9 cm³/mol. The van der Waals surface area contributed by atoms with Crippen molar-refractivity contribution in [3.05, 3.63) is 24.3 Å². The lowest BCUT2D eigenvalue weighted by Crippen LogP contribution is -2.28. The summed E-state index contributed by atoms with van der Waals surface area (Å²) in [6, 6.07) is 6.96. The van der Waals surface area contributed by atoms with Crippen LogP contribution in [-0.2, 0) is 9.53 Å². The predicted octanol–water partition coefficient (Wildman–Crippen LogP) is 3.79. The van der Waals surface area contributed by atoms with E-state index >= 15 is 0 Å². The summed E-state index contributed by atoms with van der Waals surface area (Å²) < 4.78 is 16.2. The van der Waals surface area contributed by atoms with E-state index in [0.717, 1.165) is 6.42 Å². The van der Waals surface area contributed by atoms with Crippen LogP contribution in [0.2, 0.25) is 0 Å². The number of ether oxygens (including phenoxy) is 3. The topological polar surface area (TPSA) is 44.8 Å². The van der Waals surface area contributed by atoms with Crippen LogP contribution in [0.5, 0.6) is 11.5 Å². The molecule has 4 heteroatoms. The van der Waals surface area contributed by atoms with Gasteiger partial charge in [0.15, 0.2) is 6.29 Å². The van der Waals surface area contributed by atoms with Crippen molar-refractivity contribution < 1.29 is 19.0 Å². The van der Waals surface area contributed by atoms with Crippen LogP contribution in [0.4, 0.5) is 0 Å². The van der Waals surface area contributed by atoms with E-state index in [2.05, 4.69) is 0 Å². The van der Waals surface area contributed by atoms with Crippen molar-refractivity contribution >= 4 is 5.97 Å². The van der Waals surface area contributed by atoms with Gasteiger partial charge in [-0.2, -0.15) is 0 Å². The summed E-state index contributed by atoms with van der Waals surface area (Å²) in [5.74, 6) is 0.977. The largest absolute Gasteiger partial charge is 0.465 e. The highest BCUT2D eigenvalue weighted by Crippen LogP contribution is 2.25. The fourth-order valence-electron chi connectivity index (χ4n) is 1.44. The molecule has 1 unspecified atom stereocenters. The monoisotopic (exact) mass is 280 g/mol. The number of hydrogen-bond acceptors (Lipinski definition) is 4. The molecule has 1 aromatic carbocycles. The zero-order valence-electron chi connectivity index (χ0n) is 12.9. The van der Waals surface area contributed by atoms with E-state index in [1.54, 1.807) is 24.3 Å². The average molecular weight is 280 g/mol. The second-order valence-corrected chi connectivity index (χ2v) is 5.24. The molecule has 0 saturated heterocycles. The second kappa shape index (κ2) is 7.29. The van der Waals surface area contributed by atoms with Gasteiger partial charge in [0.05, 0.1) is 5.41 Å². The Hall–Kier alpha value is -1.55. The molecule has 0 bridgehead atoms. The number of benzene rings is 1. The van der Waals surface area contributed by atoms with Gasteiger partial charge in [0.25, 0.3) is 0 Å². The van der Waals surface area contributed by atoms with Crippen LogP contribution in [0, 0.1) is 5.41 Å². The van der Waals surface area contributed by atoms with Crippen molar-refractivity contribution in [1.82, 2.24) is 0 Å². The van der Waals surface area contributed by atoms with Gasteiger partial charge in [0.2, 0.25) is 0 Å². The summed E-state index contributed by atoms with van der Waals surface area (Å²) in [6.07, 6.45) is 0.436. The Bertz CT molecular complexity index is 423. The SMILES string of the molecule is CCOC(C)Oc1ccc(OC(=O)C(C)(C)CC)cc1. The summed E-state index contributed by atoms with van der Waals surface area (Å²) in [7, 11) is 0. The first-order chi connectivity index (χ1) is 9.39. The molecule has 0 amide bonds. The Morgan fingerprint density at radius 3 is 2.20 bits per heavy atom. The Balaban J connectivity index is 2.61. The maximum atomic E-state index is 11.9. The Morgan fingerprint density at radius 1 is 1.15 bits per heavy atom. The lowest BCUT2D eigenvalue weighted by molar-refractivity contribution is -0.144. The normalized spacial score (nSPS) is 12.8. The van der Waals surface area contributed by atoms with E-state index in [1.165, 1.54) is 0 Å². The maximum absolute atomic E-state index is 11.9. The lowest BCUT2D eigenvalue weighted by atomic mass is 9.91. The maximum Gasteiger partial charge on any atom is 0.316 e. The third-order valence-electron chi connectivity index (χ3n) is 3.17. The lowest BCUT2D eigenvalue weighted by Gasteiger charge is -2.20. The van der Waals surface area contributed by atoms with Crippen molar-refractivity contribution in [1.29, 1.82) is 0 Å². The highest BCUT2D eigenvalue weighted by molar-refractivity contribution is 5.78. The van der Waals surface area contributed by atoms with E-state index in [1.807, 2.05) is 34.6 Å². The minimum atomic E-state index is -0.474. The molecule has 0 spiro atoms. The third-order valence-corrected chi connectivity index (χ3v) is 3.17. The van der Waals surface area contributed by atoms with Gasteiger partial charge in [-0.05, 0) is 58.4 Å². The average Bonchev–Trinajstić information content (AvgIpc) is 2.41. The molecule has 20 heavy (non-hydrogen) atoms. The second-order valence-electron chi connectivity index (χ2n) is 5.24. The van der Waals surface area contributed by atoms with Gasteiger partial charge in [-0.15, -0.1) is 0 Å². The zero-order valence-corrected chi connectivity index (χ0v) is 12.9. The summed E-state index contributed by atoms with van der Waals surface area (Å²) >= 11 is 0. The molecule has 0 aliphatic rings. The van der Waals surface area contributed by atoms with Crippen LogP contribution in [0.15, 0.2) is 24.3 Å². The van der Waals surface area contributed by atoms with Crippen molar-refractivity contribution in [2.75, 3.05) is 6.61 Å². The van der Waals surface area contributed by atoms with Crippen LogP contribution < -0.4 is 9.47 Å². The van der Waals surface area contributed by atoms with E-state index in [4.69, 9.17) is 14.2 Å². The molecule has 0 aromatic heterocycles. The summed E-state index contributed by atoms with van der Waals surface area (Å²) in [4.78, 5) is 11.9. The molecular weight excluding hydrogens is 256 g/mol. The molecule has 1 rings (SSSR count). The molecule has 1 atom stereocenters. The smallest absolute Gasteiger partial charge is 0.316 e. The number of rotatable bonds is 7. The number of hydrogen-bond donors (Lipinski definition) is 0. The van der Waals surface area contributed by atoms with Gasteiger partial charge in [0.1, 0.15) is 11.5 Å². The van der Waals surface area contributed by atoms with Crippen molar-refractivity contribution in [2.45, 2.75) is 47.3 Å². The summed E-state index contributed by atoms with van der Waals surface area (Å²) in [6.45, 7) is 10.1. The molecule has 0 N–H and O–H groups in total. The van der Waals surface area contributed by atoms with E-state index < -0.39 is 5.41 Å². The van der Waals surface area contributed by atoms with Crippen LogP contribution >= 0.6 is 0 Å². The van der Waals surface area contributed by atoms with Crippen LogP contribution in [-0.4, -0.2) is 18.9 Å². The van der Waals surface area contributed by atoms with E-state index in [9.17, 15) is 4.79 Å². The molecule has 4 nitrogen and oxygen atoms in total. The highest BCUT2D eigenvalue weighted by Gasteiger charge is 2.27. The van der Waals surface area contributed by atoms with Gasteiger partial charge in [-0.3, -0.25) is 4.79 Å². The van der Waals surface area contributed by atoms with Crippen molar-refractivity contribution in [3.8, 4) is 11.5 Å². The third kappa shape index (κ3) is 4.85. The molecular formula is C16H24O4. The summed E-state index contributed by atoms with van der Waals surface area (Å²) in [5.41, 5.74) is -0.474. The molecule has 0 aliphatic carbocycles. The van der Waals surface area contributed by atoms with Crippen molar-refractivity contribution in [2.24, 2.45) is 5.41 Å². The van der Waals surface area contributed by atoms with Crippen LogP contribution in [0.25, 0.3) is 0 Å². The fraction of sp³-hybridized carbons (Fsp3) is 0.562. The first-order valence-corrected chi connectivity index (χ1v) is 6.99. The van der Waals surface area contributed by atoms with Gasteiger partial charge < -0.3 is 14.2 Å². The van der Waals surface area contributed by atoms with E-state index in [0.29, 0.717) is 18.1 Å². The molecule has 1 aromatic rings. The standard InChI is InChI=1S/C16H24O4/c1-6-16(4,5)15(17)20-14-10-8-13(9-11-14)19-12(3)18-7-2/h8-12H,6-7H2,1-5H3. The molecule has 0 heterocycles. The minimum Gasteiger partial charge on any atom is -0.465 e. The number of carbonyl (C=O) groups excluding carboxylic acids is 1. The van der Waals surface area contributed by atoms with Crippen LogP contribution in [0.1, 0.15) is 41.0 Å². The van der Waals surface area contributed by atoms with Gasteiger partial charge >= 0.3 is 5.97 Å². The number of carbonyl (C=O) groups is 1. The molecule has 0 fully saturated rings. The first-order valence-electron chi connectivity index (χ1n) is 6.99. The van der Waals surface area contributed by atoms with E-state index in [-0.39, 0.29) is 12.3 Å². The Labute approximate surface area is 121 Å². The number of esters is 1.